The van der Waals surface area contributed by atoms with Crippen LogP contribution in [0.3, 0.4) is 0 Å². The Morgan fingerprint density at radius 3 is 2.91 bits per heavy atom. The zero-order valence-corrected chi connectivity index (χ0v) is 13.4. The fourth-order valence-electron chi connectivity index (χ4n) is 2.21. The van der Waals surface area contributed by atoms with Crippen LogP contribution < -0.4 is 15.4 Å². The lowest BCUT2D eigenvalue weighted by Crippen LogP contribution is -2.50. The van der Waals surface area contributed by atoms with Gasteiger partial charge in [-0.3, -0.25) is 9.59 Å². The van der Waals surface area contributed by atoms with Crippen LogP contribution >= 0.6 is 0 Å². The summed E-state index contributed by atoms with van der Waals surface area (Å²) in [5.41, 5.74) is 0.185. The van der Waals surface area contributed by atoms with Crippen LogP contribution in [0.25, 0.3) is 0 Å². The van der Waals surface area contributed by atoms with Gasteiger partial charge < -0.3 is 10.6 Å². The summed E-state index contributed by atoms with van der Waals surface area (Å²) in [6.07, 6.45) is 2.78. The predicted octanol–water partition coefficient (Wildman–Crippen LogP) is 0.159. The first-order valence-corrected chi connectivity index (χ1v) is 8.71. The second-order valence-electron chi connectivity index (χ2n) is 5.13. The fraction of sp³-hybridized carbons (Fsp3) is 0.333. The summed E-state index contributed by atoms with van der Waals surface area (Å²) in [5.74, 6) is -0.700. The zero-order valence-electron chi connectivity index (χ0n) is 12.5. The molecule has 0 bridgehead atoms. The molecule has 1 aromatic carbocycles. The molecule has 1 saturated heterocycles. The summed E-state index contributed by atoms with van der Waals surface area (Å²) < 4.78 is 26.4. The molecule has 1 atom stereocenters. The second kappa shape index (κ2) is 7.38. The zero-order chi connectivity index (χ0) is 16.9. The van der Waals surface area contributed by atoms with Gasteiger partial charge in [0, 0.05) is 18.7 Å². The summed E-state index contributed by atoms with van der Waals surface area (Å²) >= 11 is 0. The van der Waals surface area contributed by atoms with Crippen LogP contribution in [0, 0.1) is 0 Å². The maximum Gasteiger partial charge on any atom is 0.251 e. The highest BCUT2D eigenvalue weighted by Crippen LogP contribution is 2.12. The molecule has 23 heavy (non-hydrogen) atoms. The van der Waals surface area contributed by atoms with Crippen LogP contribution in [-0.2, 0) is 14.8 Å². The molecule has 7 nitrogen and oxygen atoms in total. The van der Waals surface area contributed by atoms with Gasteiger partial charge in [0.1, 0.15) is 6.04 Å². The lowest BCUT2D eigenvalue weighted by atomic mass is 10.1. The monoisotopic (exact) mass is 337 g/mol. The second-order valence-corrected chi connectivity index (χ2v) is 6.89. The van der Waals surface area contributed by atoms with Gasteiger partial charge in [0.2, 0.25) is 15.9 Å². The Kier molecular flexibility index (Phi) is 5.51. The van der Waals surface area contributed by atoms with Crippen LogP contribution in [0.1, 0.15) is 23.2 Å². The molecule has 0 saturated carbocycles. The number of hydrogen-bond donors (Lipinski definition) is 3. The first kappa shape index (κ1) is 17.2. The van der Waals surface area contributed by atoms with E-state index in [1.807, 2.05) is 0 Å². The van der Waals surface area contributed by atoms with Gasteiger partial charge >= 0.3 is 0 Å². The molecule has 1 heterocycles. The fourth-order valence-corrected chi connectivity index (χ4v) is 3.25. The molecule has 1 aromatic rings. The van der Waals surface area contributed by atoms with Crippen molar-refractivity contribution in [1.82, 2.24) is 15.4 Å². The van der Waals surface area contributed by atoms with Gasteiger partial charge in [-0.25, -0.2) is 13.1 Å². The quantitative estimate of drug-likeness (QED) is 0.643. The number of piperidine rings is 1. The van der Waals surface area contributed by atoms with Gasteiger partial charge in [-0.2, -0.15) is 0 Å². The molecule has 0 radical (unpaired) electrons. The summed E-state index contributed by atoms with van der Waals surface area (Å²) in [7, 11) is -3.70. The van der Waals surface area contributed by atoms with Crippen LogP contribution in [0.15, 0.2) is 41.8 Å². The molecule has 0 unspecified atom stereocenters. The van der Waals surface area contributed by atoms with Gasteiger partial charge in [-0.15, -0.1) is 6.58 Å². The van der Waals surface area contributed by atoms with Crippen molar-refractivity contribution in [2.24, 2.45) is 0 Å². The van der Waals surface area contributed by atoms with E-state index in [0.29, 0.717) is 13.0 Å². The van der Waals surface area contributed by atoms with Gasteiger partial charge in [-0.05, 0) is 31.0 Å². The summed E-state index contributed by atoms with van der Waals surface area (Å²) in [6.45, 7) is 4.15. The lowest BCUT2D eigenvalue weighted by molar-refractivity contribution is -0.124. The molecule has 0 aromatic heterocycles. The number of nitrogens with one attached hydrogen (secondary N) is 3. The van der Waals surface area contributed by atoms with Crippen molar-refractivity contribution in [2.45, 2.75) is 23.8 Å². The average Bonchev–Trinajstić information content (AvgIpc) is 2.55. The molecular formula is C15H19N3O4S. The molecule has 2 rings (SSSR count). The molecule has 3 N–H and O–H groups in total. The van der Waals surface area contributed by atoms with Crippen molar-refractivity contribution < 1.29 is 18.0 Å². The van der Waals surface area contributed by atoms with E-state index in [2.05, 4.69) is 21.9 Å². The van der Waals surface area contributed by atoms with Crippen molar-refractivity contribution in [1.29, 1.82) is 0 Å². The molecule has 8 heteroatoms. The highest BCUT2D eigenvalue weighted by atomic mass is 32.2. The molecule has 1 aliphatic rings. The van der Waals surface area contributed by atoms with E-state index in [0.717, 1.165) is 6.42 Å². The van der Waals surface area contributed by atoms with E-state index < -0.39 is 22.0 Å². The van der Waals surface area contributed by atoms with Gasteiger partial charge in [-0.1, -0.05) is 12.1 Å². The molecule has 0 aliphatic carbocycles. The third-order valence-corrected chi connectivity index (χ3v) is 4.84. The minimum absolute atomic E-state index is 0.0138. The van der Waals surface area contributed by atoms with Crippen LogP contribution in [0.2, 0.25) is 0 Å². The van der Waals surface area contributed by atoms with Crippen LogP contribution in [-0.4, -0.2) is 39.4 Å². The number of carbonyl (C=O) groups excluding carboxylic acids is 2. The Bertz CT molecular complexity index is 715. The average molecular weight is 337 g/mol. The Hall–Kier alpha value is -2.19. The number of sulfonamides is 1. The molecule has 2 amide bonds. The van der Waals surface area contributed by atoms with E-state index in [4.69, 9.17) is 0 Å². The lowest BCUT2D eigenvalue weighted by Gasteiger charge is -2.22. The van der Waals surface area contributed by atoms with Crippen molar-refractivity contribution >= 4 is 21.8 Å². The molecule has 0 spiro atoms. The van der Waals surface area contributed by atoms with E-state index in [-0.39, 0.29) is 22.9 Å². The Labute approximate surface area is 135 Å². The number of benzene rings is 1. The number of rotatable bonds is 6. The normalized spacial score (nSPS) is 18.1. The summed E-state index contributed by atoms with van der Waals surface area (Å²) in [4.78, 5) is 23.9. The maximum atomic E-state index is 12.2. The number of hydrogen-bond acceptors (Lipinski definition) is 4. The minimum Gasteiger partial charge on any atom is -0.354 e. The first-order chi connectivity index (χ1) is 10.9. The predicted molar refractivity (Wildman–Crippen MR) is 85.3 cm³/mol. The minimum atomic E-state index is -3.70. The van der Waals surface area contributed by atoms with Gasteiger partial charge in [0.25, 0.3) is 5.91 Å². The highest BCUT2D eigenvalue weighted by molar-refractivity contribution is 7.89. The van der Waals surface area contributed by atoms with Crippen LogP contribution in [0.5, 0.6) is 0 Å². The summed E-state index contributed by atoms with van der Waals surface area (Å²) in [6, 6.07) is 5.08. The van der Waals surface area contributed by atoms with Crippen molar-refractivity contribution in [3.63, 3.8) is 0 Å². The Balaban J connectivity index is 2.14. The van der Waals surface area contributed by atoms with E-state index in [1.165, 1.54) is 30.3 Å². The van der Waals surface area contributed by atoms with Gasteiger partial charge in [0.05, 0.1) is 4.90 Å². The topological polar surface area (TPSA) is 104 Å². The van der Waals surface area contributed by atoms with Gasteiger partial charge in [0.15, 0.2) is 0 Å². The summed E-state index contributed by atoms with van der Waals surface area (Å²) in [5, 5.41) is 5.30. The third kappa shape index (κ3) is 4.40. The molecular weight excluding hydrogens is 318 g/mol. The molecule has 1 aliphatic heterocycles. The molecule has 124 valence electrons. The van der Waals surface area contributed by atoms with Crippen molar-refractivity contribution in [2.75, 3.05) is 13.1 Å². The number of amides is 2. The van der Waals surface area contributed by atoms with E-state index in [1.54, 1.807) is 0 Å². The van der Waals surface area contributed by atoms with Crippen molar-refractivity contribution in [3.8, 4) is 0 Å². The molecule has 1 fully saturated rings. The van der Waals surface area contributed by atoms with Crippen molar-refractivity contribution in [3.05, 3.63) is 42.5 Å². The number of carbonyl (C=O) groups is 2. The smallest absolute Gasteiger partial charge is 0.251 e. The SMILES string of the molecule is C=CCNS(=O)(=O)c1cccc(C(=O)N[C@H]2CCCNC2=O)c1. The highest BCUT2D eigenvalue weighted by Gasteiger charge is 2.24. The maximum absolute atomic E-state index is 12.2. The van der Waals surface area contributed by atoms with E-state index in [9.17, 15) is 18.0 Å². The van der Waals surface area contributed by atoms with E-state index >= 15 is 0 Å². The Morgan fingerprint density at radius 1 is 1.43 bits per heavy atom. The largest absolute Gasteiger partial charge is 0.354 e. The van der Waals surface area contributed by atoms with Crippen LogP contribution in [0.4, 0.5) is 0 Å². The first-order valence-electron chi connectivity index (χ1n) is 7.23. The standard InChI is InChI=1S/C15H19N3O4S/c1-2-8-17-23(21,22)12-6-3-5-11(10-12)14(19)18-13-7-4-9-16-15(13)20/h2-3,5-6,10,13,17H,1,4,7-9H2,(H,16,20)(H,18,19)/t13-/m0/s1. The third-order valence-electron chi connectivity index (χ3n) is 3.41. The Morgan fingerprint density at radius 2 is 2.22 bits per heavy atom.